The van der Waals surface area contributed by atoms with E-state index >= 15 is 0 Å². The molecule has 15 heavy (non-hydrogen) atoms. The number of hydrogen-bond donors (Lipinski definition) is 0. The predicted octanol–water partition coefficient (Wildman–Crippen LogP) is 0.373. The van der Waals surface area contributed by atoms with E-state index in [1.807, 2.05) is 11.8 Å². The van der Waals surface area contributed by atoms with Gasteiger partial charge in [0, 0.05) is 0 Å². The summed E-state index contributed by atoms with van der Waals surface area (Å²) >= 11 is 0. The van der Waals surface area contributed by atoms with Crippen molar-refractivity contribution >= 4 is 5.97 Å². The number of esters is 1. The lowest BCUT2D eigenvalue weighted by Crippen LogP contribution is -2.30. The van der Waals surface area contributed by atoms with Crippen LogP contribution in [0.5, 0.6) is 0 Å². The van der Waals surface area contributed by atoms with Gasteiger partial charge in [-0.05, 0) is 13.5 Å². The van der Waals surface area contributed by atoms with Gasteiger partial charge in [0.15, 0.2) is 5.82 Å². The van der Waals surface area contributed by atoms with Gasteiger partial charge >= 0.3 is 5.97 Å². The van der Waals surface area contributed by atoms with Crippen LogP contribution in [-0.4, -0.2) is 41.2 Å². The van der Waals surface area contributed by atoms with Gasteiger partial charge < -0.3 is 9.26 Å². The lowest BCUT2D eigenvalue weighted by Gasteiger charge is -2.15. The summed E-state index contributed by atoms with van der Waals surface area (Å²) in [6.45, 7) is 5.12. The number of rotatable bonds is 5. The van der Waals surface area contributed by atoms with E-state index < -0.39 is 0 Å². The second-order valence-electron chi connectivity index (χ2n) is 3.11. The lowest BCUT2D eigenvalue weighted by atomic mass is 10.4. The smallest absolute Gasteiger partial charge is 0.319 e. The molecule has 84 valence electrons. The van der Waals surface area contributed by atoms with Crippen LogP contribution in [0.25, 0.3) is 0 Å². The molecule has 0 saturated carbocycles. The van der Waals surface area contributed by atoms with Crippen LogP contribution in [0.1, 0.15) is 18.6 Å². The summed E-state index contributed by atoms with van der Waals surface area (Å²) in [5.41, 5.74) is 0. The molecule has 0 unspecified atom stereocenters. The molecule has 6 nitrogen and oxygen atoms in total. The van der Waals surface area contributed by atoms with E-state index in [2.05, 4.69) is 14.9 Å². The quantitative estimate of drug-likeness (QED) is 0.658. The number of ether oxygens (including phenoxy) is 1. The minimum atomic E-state index is -0.270. The summed E-state index contributed by atoms with van der Waals surface area (Å²) in [6, 6.07) is 0. The fourth-order valence-electron chi connectivity index (χ4n) is 1.12. The van der Waals surface area contributed by atoms with Gasteiger partial charge in [-0.3, -0.25) is 9.69 Å². The molecule has 0 aliphatic carbocycles. The van der Waals surface area contributed by atoms with Gasteiger partial charge in [0.1, 0.15) is 0 Å². The van der Waals surface area contributed by atoms with Crippen LogP contribution in [0.4, 0.5) is 0 Å². The van der Waals surface area contributed by atoms with E-state index in [0.29, 0.717) is 18.3 Å². The van der Waals surface area contributed by atoms with E-state index in [4.69, 9.17) is 4.52 Å². The summed E-state index contributed by atoms with van der Waals surface area (Å²) in [5.74, 6) is 0.838. The Morgan fingerprint density at radius 2 is 2.33 bits per heavy atom. The monoisotopic (exact) mass is 213 g/mol. The Morgan fingerprint density at radius 3 is 2.80 bits per heavy atom. The molecule has 0 aliphatic rings. The summed E-state index contributed by atoms with van der Waals surface area (Å²) in [5, 5.41) is 3.67. The maximum atomic E-state index is 11.0. The summed E-state index contributed by atoms with van der Waals surface area (Å²) in [7, 11) is 1.37. The molecule has 0 saturated heterocycles. The fraction of sp³-hybridized carbons (Fsp3) is 0.667. The number of likely N-dealkylation sites (N-methyl/N-ethyl adjacent to an activating group) is 1. The Balaban J connectivity index is 2.50. The van der Waals surface area contributed by atoms with Gasteiger partial charge in [0.2, 0.25) is 5.89 Å². The van der Waals surface area contributed by atoms with Crippen LogP contribution in [0.3, 0.4) is 0 Å². The van der Waals surface area contributed by atoms with E-state index in [1.165, 1.54) is 7.11 Å². The van der Waals surface area contributed by atoms with Crippen LogP contribution in [0.15, 0.2) is 4.52 Å². The Hall–Kier alpha value is -1.43. The predicted molar refractivity (Wildman–Crippen MR) is 52.0 cm³/mol. The average Bonchev–Trinajstić information content (AvgIpc) is 2.62. The zero-order valence-electron chi connectivity index (χ0n) is 9.19. The van der Waals surface area contributed by atoms with Crippen molar-refractivity contribution in [1.29, 1.82) is 0 Å². The van der Waals surface area contributed by atoms with Gasteiger partial charge in [-0.25, -0.2) is 0 Å². The van der Waals surface area contributed by atoms with Crippen molar-refractivity contribution in [3.63, 3.8) is 0 Å². The van der Waals surface area contributed by atoms with E-state index in [1.54, 1.807) is 6.92 Å². The maximum absolute atomic E-state index is 11.0. The zero-order valence-corrected chi connectivity index (χ0v) is 9.19. The Morgan fingerprint density at radius 1 is 1.60 bits per heavy atom. The van der Waals surface area contributed by atoms with Crippen molar-refractivity contribution in [2.45, 2.75) is 20.4 Å². The highest BCUT2D eigenvalue weighted by Gasteiger charge is 2.12. The standard InChI is InChI=1S/C9H15N3O3/c1-4-12(6-9(13)14-3)5-8-10-7(2)11-15-8/h4-6H2,1-3H3. The molecule has 1 rings (SSSR count). The van der Waals surface area contributed by atoms with Gasteiger partial charge in [-0.15, -0.1) is 0 Å². The van der Waals surface area contributed by atoms with Crippen molar-refractivity contribution < 1.29 is 14.1 Å². The topological polar surface area (TPSA) is 68.5 Å². The van der Waals surface area contributed by atoms with Gasteiger partial charge in [0.05, 0.1) is 20.2 Å². The highest BCUT2D eigenvalue weighted by molar-refractivity contribution is 5.71. The van der Waals surface area contributed by atoms with E-state index in [0.717, 1.165) is 6.54 Å². The third kappa shape index (κ3) is 3.67. The molecule has 1 heterocycles. The number of nitrogens with zero attached hydrogens (tertiary/aromatic N) is 3. The first-order chi connectivity index (χ1) is 7.15. The number of aryl methyl sites for hydroxylation is 1. The second-order valence-corrected chi connectivity index (χ2v) is 3.11. The molecule has 0 aliphatic heterocycles. The first kappa shape index (κ1) is 11.6. The Labute approximate surface area is 88.2 Å². The van der Waals surface area contributed by atoms with Crippen LogP contribution >= 0.6 is 0 Å². The minimum absolute atomic E-state index is 0.231. The first-order valence-electron chi connectivity index (χ1n) is 4.74. The molecule has 0 spiro atoms. The zero-order chi connectivity index (χ0) is 11.3. The molecule has 0 N–H and O–H groups in total. The molecule has 0 fully saturated rings. The Bertz CT molecular complexity index is 324. The SMILES string of the molecule is CCN(CC(=O)OC)Cc1nc(C)no1. The highest BCUT2D eigenvalue weighted by Crippen LogP contribution is 2.01. The second kappa shape index (κ2) is 5.45. The molecule has 0 amide bonds. The molecular weight excluding hydrogens is 198 g/mol. The van der Waals surface area contributed by atoms with Crippen molar-refractivity contribution in [1.82, 2.24) is 15.0 Å². The number of hydrogen-bond acceptors (Lipinski definition) is 6. The molecule has 0 aromatic carbocycles. The third-order valence-corrected chi connectivity index (χ3v) is 1.96. The number of carbonyl (C=O) groups excluding carboxylic acids is 1. The van der Waals surface area contributed by atoms with Gasteiger partial charge in [-0.1, -0.05) is 12.1 Å². The van der Waals surface area contributed by atoms with Gasteiger partial charge in [0.25, 0.3) is 0 Å². The summed E-state index contributed by atoms with van der Waals surface area (Å²) < 4.78 is 9.54. The number of carbonyl (C=O) groups is 1. The van der Waals surface area contributed by atoms with E-state index in [-0.39, 0.29) is 12.5 Å². The van der Waals surface area contributed by atoms with Crippen LogP contribution in [-0.2, 0) is 16.1 Å². The molecule has 0 bridgehead atoms. The summed E-state index contributed by atoms with van der Waals surface area (Å²) in [4.78, 5) is 17.0. The summed E-state index contributed by atoms with van der Waals surface area (Å²) in [6.07, 6.45) is 0. The molecule has 6 heteroatoms. The minimum Gasteiger partial charge on any atom is -0.468 e. The molecule has 0 atom stereocenters. The van der Waals surface area contributed by atoms with Crippen LogP contribution in [0, 0.1) is 6.92 Å². The first-order valence-corrected chi connectivity index (χ1v) is 4.74. The van der Waals surface area contributed by atoms with E-state index in [9.17, 15) is 4.79 Å². The van der Waals surface area contributed by atoms with Gasteiger partial charge in [-0.2, -0.15) is 4.98 Å². The van der Waals surface area contributed by atoms with Crippen molar-refractivity contribution in [2.24, 2.45) is 0 Å². The van der Waals surface area contributed by atoms with Crippen LogP contribution in [0.2, 0.25) is 0 Å². The Kier molecular flexibility index (Phi) is 4.23. The normalized spacial score (nSPS) is 10.7. The number of methoxy groups -OCH3 is 1. The largest absolute Gasteiger partial charge is 0.468 e. The van der Waals surface area contributed by atoms with Crippen molar-refractivity contribution in [2.75, 3.05) is 20.2 Å². The number of aromatic nitrogens is 2. The molecule has 1 aromatic rings. The average molecular weight is 213 g/mol. The van der Waals surface area contributed by atoms with Crippen molar-refractivity contribution in [3.05, 3.63) is 11.7 Å². The lowest BCUT2D eigenvalue weighted by molar-refractivity contribution is -0.142. The van der Waals surface area contributed by atoms with Crippen molar-refractivity contribution in [3.8, 4) is 0 Å². The fourth-order valence-corrected chi connectivity index (χ4v) is 1.12. The third-order valence-electron chi connectivity index (χ3n) is 1.96. The van der Waals surface area contributed by atoms with Crippen LogP contribution < -0.4 is 0 Å². The molecule has 0 radical (unpaired) electrons. The molecular formula is C9H15N3O3. The maximum Gasteiger partial charge on any atom is 0.319 e. The molecule has 1 aromatic heterocycles. The highest BCUT2D eigenvalue weighted by atomic mass is 16.5.